The summed E-state index contributed by atoms with van der Waals surface area (Å²) in [4.78, 5) is 23.6. The van der Waals surface area contributed by atoms with Crippen LogP contribution in [0.5, 0.6) is 5.75 Å². The van der Waals surface area contributed by atoms with Gasteiger partial charge in [-0.05, 0) is 35.9 Å². The van der Waals surface area contributed by atoms with Crippen molar-refractivity contribution in [2.45, 2.75) is 55.3 Å². The molecule has 1 amide bonds. The number of carbonyl (C=O) groups is 1. The minimum atomic E-state index is -4.90. The van der Waals surface area contributed by atoms with Crippen molar-refractivity contribution >= 4 is 16.9 Å². The zero-order valence-electron chi connectivity index (χ0n) is 22.4. The first-order valence-electron chi connectivity index (χ1n) is 13.3. The molecule has 224 valence electrons. The number of aliphatic hydroxyl groups is 1. The zero-order chi connectivity index (χ0) is 30.6. The van der Waals surface area contributed by atoms with Crippen molar-refractivity contribution < 1.29 is 41.0 Å². The highest BCUT2D eigenvalue weighted by Gasteiger charge is 2.67. The van der Waals surface area contributed by atoms with Crippen LogP contribution in [0.4, 0.5) is 26.3 Å². The third kappa shape index (κ3) is 3.95. The number of hydrogen-bond acceptors (Lipinski definition) is 6. The molecule has 0 spiro atoms. The van der Waals surface area contributed by atoms with Crippen molar-refractivity contribution in [1.82, 2.24) is 19.4 Å². The van der Waals surface area contributed by atoms with Gasteiger partial charge in [0.15, 0.2) is 5.60 Å². The number of nitrogens with zero attached hydrogens (tertiary/aromatic N) is 4. The number of rotatable bonds is 4. The molecular formula is C29H23F6N5O3. The fraction of sp³-hybridized carbons (Fsp3) is 0.345. The highest BCUT2D eigenvalue weighted by atomic mass is 19.4. The molecule has 2 aromatic heterocycles. The second-order valence-electron chi connectivity index (χ2n) is 11.4. The summed E-state index contributed by atoms with van der Waals surface area (Å²) in [5.41, 5.74) is 3.35. The number of hydrogen-bond donors (Lipinski definition) is 2. The van der Waals surface area contributed by atoms with Gasteiger partial charge >= 0.3 is 12.8 Å². The summed E-state index contributed by atoms with van der Waals surface area (Å²) in [5, 5.41) is 9.83. The van der Waals surface area contributed by atoms with Crippen LogP contribution in [0.15, 0.2) is 48.7 Å². The van der Waals surface area contributed by atoms with E-state index in [1.807, 2.05) is 4.57 Å². The van der Waals surface area contributed by atoms with E-state index in [0.717, 1.165) is 6.07 Å². The molecule has 0 radical (unpaired) electrons. The van der Waals surface area contributed by atoms with Gasteiger partial charge in [-0.1, -0.05) is 12.1 Å². The molecule has 14 heteroatoms. The van der Waals surface area contributed by atoms with Crippen LogP contribution in [-0.2, 0) is 5.54 Å². The molecule has 0 saturated heterocycles. The molecule has 2 aliphatic heterocycles. The van der Waals surface area contributed by atoms with E-state index in [1.165, 1.54) is 23.2 Å². The van der Waals surface area contributed by atoms with E-state index in [0.29, 0.717) is 40.0 Å². The van der Waals surface area contributed by atoms with Gasteiger partial charge in [0.1, 0.15) is 17.4 Å². The van der Waals surface area contributed by atoms with Crippen LogP contribution < -0.4 is 10.5 Å². The number of benzene rings is 2. The molecule has 1 saturated carbocycles. The Morgan fingerprint density at radius 3 is 2.53 bits per heavy atom. The SMILES string of the molecule is CN1C(=O)c2cccc(OC(F)F)c2[C@H]2C[C@@H]1c1nc3ccc(-c4cnc([C@]5(N)C[C@](O)(C(F)(F)F)C5)c(F)c4)cc3n12. The summed E-state index contributed by atoms with van der Waals surface area (Å²) in [6.45, 7) is -3.11. The second kappa shape index (κ2) is 8.92. The highest BCUT2D eigenvalue weighted by molar-refractivity contribution is 5.98. The maximum absolute atomic E-state index is 15.3. The van der Waals surface area contributed by atoms with E-state index < -0.39 is 54.7 Å². The molecule has 4 aromatic rings. The van der Waals surface area contributed by atoms with Crippen LogP contribution in [0.25, 0.3) is 22.2 Å². The number of fused-ring (bicyclic) bond motifs is 9. The monoisotopic (exact) mass is 603 g/mol. The van der Waals surface area contributed by atoms with Crippen molar-refractivity contribution in [2.75, 3.05) is 7.05 Å². The predicted octanol–water partition coefficient (Wildman–Crippen LogP) is 5.20. The molecule has 0 unspecified atom stereocenters. The van der Waals surface area contributed by atoms with Crippen molar-refractivity contribution in [2.24, 2.45) is 5.73 Å². The molecule has 4 heterocycles. The van der Waals surface area contributed by atoms with E-state index in [9.17, 15) is 31.9 Å². The van der Waals surface area contributed by atoms with E-state index in [-0.39, 0.29) is 22.9 Å². The number of imidazole rings is 1. The molecule has 1 aliphatic carbocycles. The largest absolute Gasteiger partial charge is 0.434 e. The van der Waals surface area contributed by atoms with Gasteiger partial charge < -0.3 is 25.0 Å². The van der Waals surface area contributed by atoms with E-state index >= 15 is 4.39 Å². The Morgan fingerprint density at radius 2 is 1.86 bits per heavy atom. The van der Waals surface area contributed by atoms with Gasteiger partial charge in [0.05, 0.1) is 34.3 Å². The first kappa shape index (κ1) is 27.7. The summed E-state index contributed by atoms with van der Waals surface area (Å²) >= 11 is 0. The summed E-state index contributed by atoms with van der Waals surface area (Å²) in [5.74, 6) is -0.826. The molecule has 3 N–H and O–H groups in total. The van der Waals surface area contributed by atoms with Gasteiger partial charge in [0, 0.05) is 49.2 Å². The first-order chi connectivity index (χ1) is 20.2. The number of amides is 1. The standard InChI is InChI=1S/C29H23F6N5O3/c1-39-20-9-19(22-15(25(39)41)3-2-4-21(22)43-26(31)32)40-18-8-13(5-6-17(18)38-24(20)40)14-7-16(30)23(37-10-14)27(36)11-28(42,12-27)29(33,34)35/h2-8,10,19-20,26,42H,9,11-12,36H2,1H3/t19-,20-,27-,28+/m1/s1. The van der Waals surface area contributed by atoms with Gasteiger partial charge in [-0.3, -0.25) is 9.78 Å². The smallest absolute Gasteiger partial charge is 0.417 e. The van der Waals surface area contributed by atoms with Gasteiger partial charge in [-0.25, -0.2) is 9.37 Å². The van der Waals surface area contributed by atoms with Crippen LogP contribution in [0.3, 0.4) is 0 Å². The minimum absolute atomic E-state index is 0.114. The van der Waals surface area contributed by atoms with Crippen LogP contribution in [-0.4, -0.2) is 55.9 Å². The molecule has 2 atom stereocenters. The number of alkyl halides is 5. The van der Waals surface area contributed by atoms with Crippen LogP contribution in [0.1, 0.15) is 58.8 Å². The lowest BCUT2D eigenvalue weighted by molar-refractivity contribution is -0.304. The Balaban J connectivity index is 1.30. The molecule has 2 aromatic carbocycles. The Kier molecular flexibility index (Phi) is 5.74. The van der Waals surface area contributed by atoms with Crippen LogP contribution in [0.2, 0.25) is 0 Å². The Bertz CT molecular complexity index is 1820. The van der Waals surface area contributed by atoms with Crippen molar-refractivity contribution in [3.05, 3.63) is 77.1 Å². The van der Waals surface area contributed by atoms with Gasteiger partial charge in [-0.2, -0.15) is 22.0 Å². The molecule has 2 bridgehead atoms. The Labute approximate surface area is 239 Å². The van der Waals surface area contributed by atoms with Gasteiger partial charge in [0.2, 0.25) is 0 Å². The number of aromatic nitrogens is 3. The number of ether oxygens (including phenoxy) is 1. The summed E-state index contributed by atoms with van der Waals surface area (Å²) in [6.07, 6.45) is -5.08. The maximum Gasteiger partial charge on any atom is 0.417 e. The average Bonchev–Trinajstić information content (AvgIpc) is 3.44. The van der Waals surface area contributed by atoms with Gasteiger partial charge in [-0.15, -0.1) is 0 Å². The number of nitrogens with two attached hydrogens (primary N) is 1. The molecule has 43 heavy (non-hydrogen) atoms. The molecular weight excluding hydrogens is 580 g/mol. The highest BCUT2D eigenvalue weighted by Crippen LogP contribution is 2.54. The van der Waals surface area contributed by atoms with Crippen LogP contribution in [0, 0.1) is 5.82 Å². The average molecular weight is 604 g/mol. The lowest BCUT2D eigenvalue weighted by Crippen LogP contribution is -2.66. The van der Waals surface area contributed by atoms with Gasteiger partial charge in [0.25, 0.3) is 5.91 Å². The Morgan fingerprint density at radius 1 is 1.12 bits per heavy atom. The lowest BCUT2D eigenvalue weighted by Gasteiger charge is -2.51. The zero-order valence-corrected chi connectivity index (χ0v) is 22.4. The van der Waals surface area contributed by atoms with E-state index in [4.69, 9.17) is 15.5 Å². The molecule has 1 fully saturated rings. The van der Waals surface area contributed by atoms with Crippen molar-refractivity contribution in [1.29, 1.82) is 0 Å². The van der Waals surface area contributed by atoms with Crippen LogP contribution >= 0.6 is 0 Å². The first-order valence-corrected chi connectivity index (χ1v) is 13.3. The third-order valence-electron chi connectivity index (χ3n) is 8.80. The Hall–Kier alpha value is -4.17. The minimum Gasteiger partial charge on any atom is -0.434 e. The van der Waals surface area contributed by atoms with Crippen molar-refractivity contribution in [3.63, 3.8) is 0 Å². The number of carbonyl (C=O) groups excluding carboxylic acids is 1. The quantitative estimate of drug-likeness (QED) is 0.311. The number of halogens is 6. The summed E-state index contributed by atoms with van der Waals surface area (Å²) in [7, 11) is 1.62. The molecule has 3 aliphatic rings. The van der Waals surface area contributed by atoms with E-state index in [1.54, 1.807) is 31.3 Å². The normalized spacial score (nSPS) is 26.4. The fourth-order valence-electron chi connectivity index (χ4n) is 6.78. The maximum atomic E-state index is 15.3. The van der Waals surface area contributed by atoms with E-state index in [2.05, 4.69) is 4.98 Å². The lowest BCUT2D eigenvalue weighted by atomic mass is 9.63. The fourth-order valence-corrected chi connectivity index (χ4v) is 6.78. The van der Waals surface area contributed by atoms with Crippen molar-refractivity contribution in [3.8, 4) is 16.9 Å². The molecule has 8 nitrogen and oxygen atoms in total. The summed E-state index contributed by atoms with van der Waals surface area (Å²) in [6, 6.07) is 9.62. The topological polar surface area (TPSA) is 106 Å². The number of pyridine rings is 1. The molecule has 7 rings (SSSR count). The second-order valence-corrected chi connectivity index (χ2v) is 11.4. The predicted molar refractivity (Wildman–Crippen MR) is 140 cm³/mol. The third-order valence-corrected chi connectivity index (χ3v) is 8.80. The summed E-state index contributed by atoms with van der Waals surface area (Å²) < 4.78 is 88.1.